The third-order valence-electron chi connectivity index (χ3n) is 3.06. The molecule has 2 aromatic carbocycles. The van der Waals surface area contributed by atoms with Gasteiger partial charge in [-0.2, -0.15) is 0 Å². The lowest BCUT2D eigenvalue weighted by Crippen LogP contribution is -1.98. The van der Waals surface area contributed by atoms with E-state index in [-0.39, 0.29) is 6.79 Å². The SMILES string of the molecule is CCOc1cc(N)cc(OCc2ccc3c(c2)OCO3)c1. The first-order chi connectivity index (χ1) is 10.2. The smallest absolute Gasteiger partial charge is 0.231 e. The first kappa shape index (κ1) is 13.4. The summed E-state index contributed by atoms with van der Waals surface area (Å²) in [7, 11) is 0. The molecule has 0 amide bonds. The number of benzene rings is 2. The van der Waals surface area contributed by atoms with Crippen molar-refractivity contribution in [2.45, 2.75) is 13.5 Å². The van der Waals surface area contributed by atoms with Gasteiger partial charge in [-0.25, -0.2) is 0 Å². The maximum Gasteiger partial charge on any atom is 0.231 e. The van der Waals surface area contributed by atoms with Gasteiger partial charge >= 0.3 is 0 Å². The molecule has 5 heteroatoms. The zero-order valence-electron chi connectivity index (χ0n) is 11.8. The lowest BCUT2D eigenvalue weighted by atomic mass is 10.2. The van der Waals surface area contributed by atoms with Crippen LogP contribution in [0.3, 0.4) is 0 Å². The number of hydrogen-bond acceptors (Lipinski definition) is 5. The predicted molar refractivity (Wildman–Crippen MR) is 78.9 cm³/mol. The zero-order chi connectivity index (χ0) is 14.7. The quantitative estimate of drug-likeness (QED) is 0.857. The maximum absolute atomic E-state index is 5.84. The van der Waals surface area contributed by atoms with Gasteiger partial charge in [-0.15, -0.1) is 0 Å². The highest BCUT2D eigenvalue weighted by Crippen LogP contribution is 2.33. The first-order valence-electron chi connectivity index (χ1n) is 6.79. The molecular formula is C16H17NO4. The van der Waals surface area contributed by atoms with Gasteiger partial charge in [0, 0.05) is 23.9 Å². The second-order valence-electron chi connectivity index (χ2n) is 4.65. The number of nitrogen functional groups attached to an aromatic ring is 1. The molecule has 2 aromatic rings. The number of rotatable bonds is 5. The van der Waals surface area contributed by atoms with Crippen molar-refractivity contribution in [1.82, 2.24) is 0 Å². The summed E-state index contributed by atoms with van der Waals surface area (Å²) in [5.41, 5.74) is 7.45. The summed E-state index contributed by atoms with van der Waals surface area (Å²) in [5.74, 6) is 2.90. The standard InChI is InChI=1S/C16H17NO4/c1-2-18-13-6-12(17)7-14(8-13)19-9-11-3-4-15-16(5-11)21-10-20-15/h3-8H,2,9-10,17H2,1H3. The van der Waals surface area contributed by atoms with Gasteiger partial charge in [0.1, 0.15) is 18.1 Å². The molecule has 0 unspecified atom stereocenters. The van der Waals surface area contributed by atoms with Crippen LogP contribution in [-0.4, -0.2) is 13.4 Å². The van der Waals surface area contributed by atoms with Crippen molar-refractivity contribution >= 4 is 5.69 Å². The van der Waals surface area contributed by atoms with Gasteiger partial charge in [-0.1, -0.05) is 6.07 Å². The molecule has 0 atom stereocenters. The molecule has 0 spiro atoms. The number of hydrogen-bond donors (Lipinski definition) is 1. The second-order valence-corrected chi connectivity index (χ2v) is 4.65. The van der Waals surface area contributed by atoms with Crippen LogP contribution in [-0.2, 0) is 6.61 Å². The van der Waals surface area contributed by atoms with Crippen LogP contribution in [0.2, 0.25) is 0 Å². The fourth-order valence-corrected chi connectivity index (χ4v) is 2.12. The van der Waals surface area contributed by atoms with Crippen molar-refractivity contribution in [3.8, 4) is 23.0 Å². The normalized spacial score (nSPS) is 12.2. The second kappa shape index (κ2) is 5.83. The van der Waals surface area contributed by atoms with Crippen molar-refractivity contribution in [3.63, 3.8) is 0 Å². The van der Waals surface area contributed by atoms with Crippen LogP contribution in [0.1, 0.15) is 12.5 Å². The summed E-state index contributed by atoms with van der Waals surface area (Å²) >= 11 is 0. The third-order valence-corrected chi connectivity index (χ3v) is 3.06. The molecule has 0 fully saturated rings. The van der Waals surface area contributed by atoms with Gasteiger partial charge in [-0.3, -0.25) is 0 Å². The van der Waals surface area contributed by atoms with E-state index in [0.717, 1.165) is 17.1 Å². The Bertz CT molecular complexity index is 642. The number of nitrogens with two attached hydrogens (primary N) is 1. The van der Waals surface area contributed by atoms with E-state index in [1.54, 1.807) is 12.1 Å². The zero-order valence-corrected chi connectivity index (χ0v) is 11.8. The first-order valence-corrected chi connectivity index (χ1v) is 6.79. The van der Waals surface area contributed by atoms with E-state index in [4.69, 9.17) is 24.7 Å². The minimum Gasteiger partial charge on any atom is -0.494 e. The Balaban J connectivity index is 1.69. The summed E-state index contributed by atoms with van der Waals surface area (Å²) in [6, 6.07) is 11.1. The Labute approximate surface area is 123 Å². The topological polar surface area (TPSA) is 62.9 Å². The van der Waals surface area contributed by atoms with Crippen LogP contribution in [0.5, 0.6) is 23.0 Å². The van der Waals surface area contributed by atoms with Gasteiger partial charge in [0.25, 0.3) is 0 Å². The summed E-state index contributed by atoms with van der Waals surface area (Å²) < 4.78 is 21.8. The molecule has 1 aliphatic rings. The largest absolute Gasteiger partial charge is 0.494 e. The van der Waals surface area contributed by atoms with E-state index < -0.39 is 0 Å². The number of fused-ring (bicyclic) bond motifs is 1. The van der Waals surface area contributed by atoms with Crippen molar-refractivity contribution in [1.29, 1.82) is 0 Å². The summed E-state index contributed by atoms with van der Waals surface area (Å²) in [4.78, 5) is 0. The minimum atomic E-state index is 0.270. The van der Waals surface area contributed by atoms with Crippen LogP contribution in [0, 0.1) is 0 Å². The molecule has 0 radical (unpaired) electrons. The highest BCUT2D eigenvalue weighted by Gasteiger charge is 2.13. The molecule has 0 bridgehead atoms. The molecule has 0 aliphatic carbocycles. The van der Waals surface area contributed by atoms with E-state index in [2.05, 4.69) is 0 Å². The van der Waals surface area contributed by atoms with Gasteiger partial charge in [-0.05, 0) is 24.6 Å². The van der Waals surface area contributed by atoms with Crippen molar-refractivity contribution in [2.24, 2.45) is 0 Å². The van der Waals surface area contributed by atoms with E-state index in [0.29, 0.717) is 30.4 Å². The monoisotopic (exact) mass is 287 g/mol. The molecule has 3 rings (SSSR count). The van der Waals surface area contributed by atoms with Crippen LogP contribution in [0.4, 0.5) is 5.69 Å². The van der Waals surface area contributed by atoms with Crippen molar-refractivity contribution < 1.29 is 18.9 Å². The molecule has 0 aromatic heterocycles. The van der Waals surface area contributed by atoms with Gasteiger partial charge in [0.05, 0.1) is 6.61 Å². The van der Waals surface area contributed by atoms with E-state index in [9.17, 15) is 0 Å². The summed E-state index contributed by atoms with van der Waals surface area (Å²) in [6.07, 6.45) is 0. The Morgan fingerprint density at radius 3 is 2.57 bits per heavy atom. The summed E-state index contributed by atoms with van der Waals surface area (Å²) in [6.45, 7) is 3.21. The maximum atomic E-state index is 5.84. The lowest BCUT2D eigenvalue weighted by molar-refractivity contribution is 0.174. The van der Waals surface area contributed by atoms with Gasteiger partial charge in [0.15, 0.2) is 11.5 Å². The molecule has 21 heavy (non-hydrogen) atoms. The Morgan fingerprint density at radius 2 is 1.76 bits per heavy atom. The molecule has 5 nitrogen and oxygen atoms in total. The Kier molecular flexibility index (Phi) is 3.73. The summed E-state index contributed by atoms with van der Waals surface area (Å²) in [5, 5.41) is 0. The minimum absolute atomic E-state index is 0.270. The Morgan fingerprint density at radius 1 is 1.00 bits per heavy atom. The van der Waals surface area contributed by atoms with E-state index in [1.807, 2.05) is 31.2 Å². The number of ether oxygens (including phenoxy) is 4. The fourth-order valence-electron chi connectivity index (χ4n) is 2.12. The van der Waals surface area contributed by atoms with E-state index >= 15 is 0 Å². The molecule has 2 N–H and O–H groups in total. The van der Waals surface area contributed by atoms with Gasteiger partial charge in [0.2, 0.25) is 6.79 Å². The molecule has 1 aliphatic heterocycles. The van der Waals surface area contributed by atoms with E-state index in [1.165, 1.54) is 0 Å². The predicted octanol–water partition coefficient (Wildman–Crippen LogP) is 2.98. The van der Waals surface area contributed by atoms with Crippen LogP contribution in [0.25, 0.3) is 0 Å². The van der Waals surface area contributed by atoms with Gasteiger partial charge < -0.3 is 24.7 Å². The Hall–Kier alpha value is -2.56. The molecule has 0 saturated carbocycles. The fraction of sp³-hybridized carbons (Fsp3) is 0.250. The molecular weight excluding hydrogens is 270 g/mol. The van der Waals surface area contributed by atoms with Crippen LogP contribution in [0.15, 0.2) is 36.4 Å². The van der Waals surface area contributed by atoms with Crippen LogP contribution >= 0.6 is 0 Å². The van der Waals surface area contributed by atoms with Crippen LogP contribution < -0.4 is 24.7 Å². The van der Waals surface area contributed by atoms with Crippen molar-refractivity contribution in [2.75, 3.05) is 19.1 Å². The average molecular weight is 287 g/mol. The highest BCUT2D eigenvalue weighted by atomic mass is 16.7. The highest BCUT2D eigenvalue weighted by molar-refractivity contribution is 5.50. The molecule has 110 valence electrons. The third kappa shape index (κ3) is 3.13. The lowest BCUT2D eigenvalue weighted by Gasteiger charge is -2.10. The number of anilines is 1. The van der Waals surface area contributed by atoms with Crippen molar-refractivity contribution in [3.05, 3.63) is 42.0 Å². The molecule has 1 heterocycles. The average Bonchev–Trinajstić information content (AvgIpc) is 2.92. The molecule has 0 saturated heterocycles.